The van der Waals surface area contributed by atoms with Gasteiger partial charge in [-0.2, -0.15) is 0 Å². The van der Waals surface area contributed by atoms with E-state index < -0.39 is 11.6 Å². The minimum atomic E-state index is -2.01. The van der Waals surface area contributed by atoms with E-state index in [0.717, 1.165) is 12.0 Å². The first-order valence-corrected chi connectivity index (χ1v) is 8.44. The van der Waals surface area contributed by atoms with Crippen LogP contribution in [-0.2, 0) is 11.3 Å². The standard InChI is InChI=1S/C18H26FN3O2/c1-14(2)8-10-20-17(24)22-11-9-18(19,13-22)16(23)21-12-15-6-4-3-5-7-15/h3-7,14H,8-13H2,1-2H3,(H,20,24)(H,21,23). The van der Waals surface area contributed by atoms with Crippen LogP contribution in [0.15, 0.2) is 30.3 Å². The second-order valence-electron chi connectivity index (χ2n) is 6.72. The molecule has 0 aromatic heterocycles. The van der Waals surface area contributed by atoms with Crippen LogP contribution in [0, 0.1) is 5.92 Å². The Balaban J connectivity index is 1.81. The lowest BCUT2D eigenvalue weighted by Gasteiger charge is -2.21. The second kappa shape index (κ2) is 8.13. The van der Waals surface area contributed by atoms with Crippen LogP contribution in [0.1, 0.15) is 32.3 Å². The fourth-order valence-corrected chi connectivity index (χ4v) is 2.65. The summed E-state index contributed by atoms with van der Waals surface area (Å²) >= 11 is 0. The molecule has 2 rings (SSSR count). The molecule has 0 saturated carbocycles. The molecule has 0 bridgehead atoms. The Bertz CT molecular complexity index is 565. The molecule has 1 saturated heterocycles. The summed E-state index contributed by atoms with van der Waals surface area (Å²) < 4.78 is 14.8. The molecular weight excluding hydrogens is 309 g/mol. The molecule has 1 aliphatic heterocycles. The van der Waals surface area contributed by atoms with E-state index in [2.05, 4.69) is 24.5 Å². The molecule has 0 spiro atoms. The lowest BCUT2D eigenvalue weighted by Crippen LogP contribution is -2.47. The monoisotopic (exact) mass is 335 g/mol. The first kappa shape index (κ1) is 18.2. The van der Waals surface area contributed by atoms with Crippen LogP contribution in [0.4, 0.5) is 9.18 Å². The predicted molar refractivity (Wildman–Crippen MR) is 91.2 cm³/mol. The number of nitrogens with zero attached hydrogens (tertiary/aromatic N) is 1. The number of alkyl halides is 1. The summed E-state index contributed by atoms with van der Waals surface area (Å²) in [6.45, 7) is 5.06. The van der Waals surface area contributed by atoms with Gasteiger partial charge in [-0.1, -0.05) is 44.2 Å². The number of likely N-dealkylation sites (tertiary alicyclic amines) is 1. The zero-order chi connectivity index (χ0) is 17.6. The highest BCUT2D eigenvalue weighted by molar-refractivity contribution is 5.87. The number of hydrogen-bond donors (Lipinski definition) is 2. The average Bonchev–Trinajstić information content (AvgIpc) is 2.97. The number of carbonyl (C=O) groups excluding carboxylic acids is 2. The minimum Gasteiger partial charge on any atom is -0.349 e. The molecule has 5 nitrogen and oxygen atoms in total. The molecule has 1 aromatic carbocycles. The number of carbonyl (C=O) groups is 2. The van der Waals surface area contributed by atoms with Crippen LogP contribution >= 0.6 is 0 Å². The molecule has 2 N–H and O–H groups in total. The number of hydrogen-bond acceptors (Lipinski definition) is 2. The molecule has 1 unspecified atom stereocenters. The smallest absolute Gasteiger partial charge is 0.317 e. The van der Waals surface area contributed by atoms with E-state index in [4.69, 9.17) is 0 Å². The molecule has 24 heavy (non-hydrogen) atoms. The van der Waals surface area contributed by atoms with Gasteiger partial charge in [0.25, 0.3) is 5.91 Å². The lowest BCUT2D eigenvalue weighted by molar-refractivity contribution is -0.132. The Morgan fingerprint density at radius 2 is 1.96 bits per heavy atom. The molecule has 1 aliphatic rings. The second-order valence-corrected chi connectivity index (χ2v) is 6.72. The van der Waals surface area contributed by atoms with Crippen LogP contribution < -0.4 is 10.6 Å². The maximum absolute atomic E-state index is 14.8. The van der Waals surface area contributed by atoms with E-state index in [9.17, 15) is 14.0 Å². The van der Waals surface area contributed by atoms with Crippen molar-refractivity contribution in [2.75, 3.05) is 19.6 Å². The van der Waals surface area contributed by atoms with Crippen molar-refractivity contribution in [1.82, 2.24) is 15.5 Å². The Labute approximate surface area is 142 Å². The minimum absolute atomic E-state index is 0.0330. The van der Waals surface area contributed by atoms with Gasteiger partial charge in [0.05, 0.1) is 6.54 Å². The van der Waals surface area contributed by atoms with Crippen LogP contribution in [-0.4, -0.2) is 42.1 Å². The zero-order valence-corrected chi connectivity index (χ0v) is 14.3. The van der Waals surface area contributed by atoms with Crippen LogP contribution in [0.3, 0.4) is 0 Å². The summed E-state index contributed by atoms with van der Waals surface area (Å²) in [6.07, 6.45) is 0.906. The SMILES string of the molecule is CC(C)CCNC(=O)N1CCC(F)(C(=O)NCc2ccccc2)C1. The highest BCUT2D eigenvalue weighted by Gasteiger charge is 2.46. The molecule has 0 aliphatic carbocycles. The van der Waals surface area contributed by atoms with Gasteiger partial charge in [0, 0.05) is 26.1 Å². The molecule has 6 heteroatoms. The van der Waals surface area contributed by atoms with Gasteiger partial charge in [0.1, 0.15) is 0 Å². The van der Waals surface area contributed by atoms with E-state index in [1.54, 1.807) is 0 Å². The highest BCUT2D eigenvalue weighted by Crippen LogP contribution is 2.26. The fraction of sp³-hybridized carbons (Fsp3) is 0.556. The van der Waals surface area contributed by atoms with E-state index in [1.807, 2.05) is 30.3 Å². The van der Waals surface area contributed by atoms with Gasteiger partial charge in [-0.3, -0.25) is 4.79 Å². The third-order valence-electron chi connectivity index (χ3n) is 4.21. The average molecular weight is 335 g/mol. The number of nitrogens with one attached hydrogen (secondary N) is 2. The molecule has 1 aromatic rings. The largest absolute Gasteiger partial charge is 0.349 e. The Morgan fingerprint density at radius 1 is 1.25 bits per heavy atom. The van der Waals surface area contributed by atoms with Crippen molar-refractivity contribution in [3.05, 3.63) is 35.9 Å². The van der Waals surface area contributed by atoms with Crippen molar-refractivity contribution in [2.24, 2.45) is 5.92 Å². The third-order valence-corrected chi connectivity index (χ3v) is 4.21. The molecule has 1 fully saturated rings. The molecule has 0 radical (unpaired) electrons. The quantitative estimate of drug-likeness (QED) is 0.839. The summed E-state index contributed by atoms with van der Waals surface area (Å²) in [4.78, 5) is 25.6. The molecular formula is C18H26FN3O2. The van der Waals surface area contributed by atoms with E-state index in [1.165, 1.54) is 4.90 Å². The number of amides is 3. The molecule has 1 heterocycles. The Morgan fingerprint density at radius 3 is 2.62 bits per heavy atom. The van der Waals surface area contributed by atoms with Crippen molar-refractivity contribution in [1.29, 1.82) is 0 Å². The van der Waals surface area contributed by atoms with Gasteiger partial charge in [0.2, 0.25) is 5.67 Å². The Kier molecular flexibility index (Phi) is 6.17. The van der Waals surface area contributed by atoms with Gasteiger partial charge < -0.3 is 15.5 Å². The van der Waals surface area contributed by atoms with Crippen molar-refractivity contribution >= 4 is 11.9 Å². The van der Waals surface area contributed by atoms with Gasteiger partial charge in [-0.15, -0.1) is 0 Å². The normalized spacial score (nSPS) is 20.2. The van der Waals surface area contributed by atoms with E-state index >= 15 is 0 Å². The summed E-state index contributed by atoms with van der Waals surface area (Å²) in [5, 5.41) is 5.41. The predicted octanol–water partition coefficient (Wildman–Crippen LogP) is 2.47. The van der Waals surface area contributed by atoms with Crippen molar-refractivity contribution in [3.8, 4) is 0 Å². The first-order valence-electron chi connectivity index (χ1n) is 8.44. The number of halogens is 1. The summed E-state index contributed by atoms with van der Waals surface area (Å²) in [5.41, 5.74) is -1.10. The van der Waals surface area contributed by atoms with E-state index in [0.29, 0.717) is 12.5 Å². The van der Waals surface area contributed by atoms with Gasteiger partial charge in [-0.05, 0) is 17.9 Å². The summed E-state index contributed by atoms with van der Waals surface area (Å²) in [5.74, 6) is -0.156. The highest BCUT2D eigenvalue weighted by atomic mass is 19.1. The topological polar surface area (TPSA) is 61.4 Å². The van der Waals surface area contributed by atoms with Crippen LogP contribution in [0.25, 0.3) is 0 Å². The summed E-state index contributed by atoms with van der Waals surface area (Å²) in [7, 11) is 0. The molecule has 1 atom stereocenters. The maximum Gasteiger partial charge on any atom is 0.317 e. The van der Waals surface area contributed by atoms with Crippen LogP contribution in [0.5, 0.6) is 0 Å². The van der Waals surface area contributed by atoms with Gasteiger partial charge in [0.15, 0.2) is 0 Å². The molecule has 132 valence electrons. The van der Waals surface area contributed by atoms with Crippen molar-refractivity contribution in [3.63, 3.8) is 0 Å². The van der Waals surface area contributed by atoms with Gasteiger partial charge in [-0.25, -0.2) is 9.18 Å². The maximum atomic E-state index is 14.8. The molecule has 3 amide bonds. The Hall–Kier alpha value is -2.11. The number of rotatable bonds is 6. The van der Waals surface area contributed by atoms with Crippen LogP contribution in [0.2, 0.25) is 0 Å². The number of benzene rings is 1. The summed E-state index contributed by atoms with van der Waals surface area (Å²) in [6, 6.07) is 9.06. The van der Waals surface area contributed by atoms with Crippen molar-refractivity contribution < 1.29 is 14.0 Å². The van der Waals surface area contributed by atoms with Gasteiger partial charge >= 0.3 is 6.03 Å². The lowest BCUT2D eigenvalue weighted by atomic mass is 10.0. The van der Waals surface area contributed by atoms with E-state index in [-0.39, 0.29) is 32.1 Å². The zero-order valence-electron chi connectivity index (χ0n) is 14.3. The fourth-order valence-electron chi connectivity index (χ4n) is 2.65. The third kappa shape index (κ3) is 4.94. The number of urea groups is 1. The first-order chi connectivity index (χ1) is 11.4. The van der Waals surface area contributed by atoms with Crippen molar-refractivity contribution in [2.45, 2.75) is 38.9 Å².